The summed E-state index contributed by atoms with van der Waals surface area (Å²) in [4.78, 5) is 12.4. The fourth-order valence-corrected chi connectivity index (χ4v) is 2.80. The average Bonchev–Trinajstić information content (AvgIpc) is 3.12. The van der Waals surface area contributed by atoms with E-state index < -0.39 is 6.10 Å². The van der Waals surface area contributed by atoms with Gasteiger partial charge in [-0.2, -0.15) is 5.10 Å². The summed E-state index contributed by atoms with van der Waals surface area (Å²) in [7, 11) is 0. The van der Waals surface area contributed by atoms with Gasteiger partial charge >= 0.3 is 0 Å². The van der Waals surface area contributed by atoms with E-state index in [0.717, 1.165) is 36.3 Å². The van der Waals surface area contributed by atoms with Gasteiger partial charge in [-0.1, -0.05) is 12.1 Å². The molecule has 0 unspecified atom stereocenters. The smallest absolute Gasteiger partial charge is 0.260 e. The Kier molecular flexibility index (Phi) is 4.60. The highest BCUT2D eigenvalue weighted by atomic mass is 16.5. The summed E-state index contributed by atoms with van der Waals surface area (Å²) in [5.74, 6) is 0.706. The fourth-order valence-electron chi connectivity index (χ4n) is 2.80. The lowest BCUT2D eigenvalue weighted by molar-refractivity contribution is -0.127. The molecule has 0 radical (unpaired) electrons. The molecular formula is C19H25N3O2. The standard InChI is InChI=1S/C19H25N3O2/c1-14-5-6-15(2)17(11-14)24-16(3)18(23)20-12-19(7-8-19)13-22-10-4-9-21-22/h4-6,9-11,16H,7-8,12-13H2,1-3H3,(H,20,23)/t16-/m0/s1. The van der Waals surface area contributed by atoms with Gasteiger partial charge in [0.1, 0.15) is 5.75 Å². The van der Waals surface area contributed by atoms with Gasteiger partial charge in [-0.15, -0.1) is 0 Å². The van der Waals surface area contributed by atoms with E-state index in [2.05, 4.69) is 10.4 Å². The van der Waals surface area contributed by atoms with Crippen LogP contribution in [0.2, 0.25) is 0 Å². The SMILES string of the molecule is Cc1ccc(C)c(O[C@@H](C)C(=O)NCC2(Cn3cccn3)CC2)c1. The highest BCUT2D eigenvalue weighted by Crippen LogP contribution is 2.46. The monoisotopic (exact) mass is 327 g/mol. The predicted molar refractivity (Wildman–Crippen MR) is 92.9 cm³/mol. The van der Waals surface area contributed by atoms with Gasteiger partial charge in [0.2, 0.25) is 0 Å². The summed E-state index contributed by atoms with van der Waals surface area (Å²) >= 11 is 0. The highest BCUT2D eigenvalue weighted by molar-refractivity contribution is 5.80. The second-order valence-corrected chi connectivity index (χ2v) is 6.95. The summed E-state index contributed by atoms with van der Waals surface area (Å²) in [6.45, 7) is 7.33. The van der Waals surface area contributed by atoms with Gasteiger partial charge < -0.3 is 10.1 Å². The van der Waals surface area contributed by atoms with Crippen LogP contribution < -0.4 is 10.1 Å². The number of benzene rings is 1. The lowest BCUT2D eigenvalue weighted by atomic mass is 10.1. The molecule has 1 aliphatic carbocycles. The van der Waals surface area contributed by atoms with E-state index in [-0.39, 0.29) is 11.3 Å². The first-order valence-corrected chi connectivity index (χ1v) is 8.47. The molecule has 1 N–H and O–H groups in total. The number of carbonyl (C=O) groups is 1. The van der Waals surface area contributed by atoms with Crippen LogP contribution in [0.3, 0.4) is 0 Å². The van der Waals surface area contributed by atoms with Gasteiger partial charge in [0, 0.05) is 30.9 Å². The first-order valence-electron chi connectivity index (χ1n) is 8.47. The van der Waals surface area contributed by atoms with Crippen LogP contribution in [0, 0.1) is 19.3 Å². The predicted octanol–water partition coefficient (Wildman–Crippen LogP) is 2.86. The minimum absolute atomic E-state index is 0.0670. The zero-order chi connectivity index (χ0) is 17.2. The van der Waals surface area contributed by atoms with E-state index in [1.165, 1.54) is 0 Å². The quantitative estimate of drug-likeness (QED) is 0.851. The van der Waals surface area contributed by atoms with Crippen molar-refractivity contribution in [3.63, 3.8) is 0 Å². The Balaban J connectivity index is 1.52. The molecule has 0 spiro atoms. The van der Waals surface area contributed by atoms with Crippen molar-refractivity contribution >= 4 is 5.91 Å². The largest absolute Gasteiger partial charge is 0.481 e. The number of ether oxygens (including phenoxy) is 1. The van der Waals surface area contributed by atoms with Crippen molar-refractivity contribution < 1.29 is 9.53 Å². The summed E-state index contributed by atoms with van der Waals surface area (Å²) in [5.41, 5.74) is 2.32. The molecule has 0 saturated heterocycles. The summed E-state index contributed by atoms with van der Waals surface area (Å²) in [6.07, 6.45) is 5.49. The maximum atomic E-state index is 12.4. The molecule has 1 heterocycles. The van der Waals surface area contributed by atoms with Crippen LogP contribution in [-0.4, -0.2) is 28.3 Å². The molecule has 128 valence electrons. The molecule has 1 atom stereocenters. The normalized spacial score (nSPS) is 16.5. The number of aromatic nitrogens is 2. The third kappa shape index (κ3) is 3.96. The number of nitrogens with one attached hydrogen (secondary N) is 1. The molecule has 1 aromatic carbocycles. The van der Waals surface area contributed by atoms with Crippen molar-refractivity contribution in [3.05, 3.63) is 47.8 Å². The van der Waals surface area contributed by atoms with E-state index in [9.17, 15) is 4.79 Å². The molecule has 2 aromatic rings. The molecule has 0 aliphatic heterocycles. The molecule has 1 aliphatic rings. The number of carbonyl (C=O) groups excluding carboxylic acids is 1. The van der Waals surface area contributed by atoms with Gasteiger partial charge in [-0.25, -0.2) is 0 Å². The van der Waals surface area contributed by atoms with Crippen molar-refractivity contribution in [2.45, 2.75) is 46.3 Å². The van der Waals surface area contributed by atoms with Gasteiger partial charge in [0.15, 0.2) is 6.10 Å². The molecule has 24 heavy (non-hydrogen) atoms. The molecule has 5 heteroatoms. The molecule has 1 fully saturated rings. The van der Waals surface area contributed by atoms with Crippen LogP contribution in [-0.2, 0) is 11.3 Å². The molecule has 0 bridgehead atoms. The average molecular weight is 327 g/mol. The number of nitrogens with zero attached hydrogens (tertiary/aromatic N) is 2. The van der Waals surface area contributed by atoms with Crippen molar-refractivity contribution in [1.29, 1.82) is 0 Å². The maximum absolute atomic E-state index is 12.4. The summed E-state index contributed by atoms with van der Waals surface area (Å²) in [6, 6.07) is 7.95. The van der Waals surface area contributed by atoms with Crippen LogP contribution in [0.4, 0.5) is 0 Å². The van der Waals surface area contributed by atoms with Gasteiger partial charge in [0.25, 0.3) is 5.91 Å². The first kappa shape index (κ1) is 16.6. The molecule has 1 aromatic heterocycles. The summed E-state index contributed by atoms with van der Waals surface area (Å²) in [5, 5.41) is 7.30. The molecular weight excluding hydrogens is 302 g/mol. The fraction of sp³-hybridized carbons (Fsp3) is 0.474. The Morgan fingerprint density at radius 2 is 2.21 bits per heavy atom. The Hall–Kier alpha value is -2.30. The second-order valence-electron chi connectivity index (χ2n) is 6.95. The third-order valence-electron chi connectivity index (χ3n) is 4.67. The number of hydrogen-bond donors (Lipinski definition) is 1. The van der Waals surface area contributed by atoms with Gasteiger partial charge in [-0.3, -0.25) is 9.48 Å². The number of hydrogen-bond acceptors (Lipinski definition) is 3. The summed E-state index contributed by atoms with van der Waals surface area (Å²) < 4.78 is 7.79. The van der Waals surface area contributed by atoms with Crippen molar-refractivity contribution in [2.75, 3.05) is 6.54 Å². The molecule has 5 nitrogen and oxygen atoms in total. The van der Waals surface area contributed by atoms with E-state index >= 15 is 0 Å². The lowest BCUT2D eigenvalue weighted by Gasteiger charge is -2.20. The Labute approximate surface area is 143 Å². The highest BCUT2D eigenvalue weighted by Gasteiger charge is 2.43. The Bertz CT molecular complexity index is 705. The Morgan fingerprint density at radius 3 is 2.88 bits per heavy atom. The number of amides is 1. The van der Waals surface area contributed by atoms with Crippen molar-refractivity contribution in [2.24, 2.45) is 5.41 Å². The minimum atomic E-state index is -0.508. The molecule has 3 rings (SSSR count). The van der Waals surface area contributed by atoms with Crippen LogP contribution in [0.15, 0.2) is 36.7 Å². The van der Waals surface area contributed by atoms with E-state index in [4.69, 9.17) is 4.74 Å². The van der Waals surface area contributed by atoms with E-state index in [1.54, 1.807) is 13.1 Å². The second kappa shape index (κ2) is 6.67. The zero-order valence-electron chi connectivity index (χ0n) is 14.6. The van der Waals surface area contributed by atoms with Crippen molar-refractivity contribution in [3.8, 4) is 5.75 Å². The minimum Gasteiger partial charge on any atom is -0.481 e. The van der Waals surface area contributed by atoms with E-state index in [0.29, 0.717) is 6.54 Å². The third-order valence-corrected chi connectivity index (χ3v) is 4.67. The van der Waals surface area contributed by atoms with Crippen LogP contribution in [0.25, 0.3) is 0 Å². The molecule has 1 amide bonds. The van der Waals surface area contributed by atoms with Gasteiger partial charge in [0.05, 0.1) is 0 Å². The van der Waals surface area contributed by atoms with Gasteiger partial charge in [-0.05, 0) is 56.9 Å². The Morgan fingerprint density at radius 1 is 1.42 bits per heavy atom. The zero-order valence-corrected chi connectivity index (χ0v) is 14.6. The lowest BCUT2D eigenvalue weighted by Crippen LogP contribution is -2.40. The van der Waals surface area contributed by atoms with Crippen LogP contribution >= 0.6 is 0 Å². The van der Waals surface area contributed by atoms with E-state index in [1.807, 2.05) is 49.0 Å². The van der Waals surface area contributed by atoms with Crippen LogP contribution in [0.1, 0.15) is 30.9 Å². The number of rotatable bonds is 7. The van der Waals surface area contributed by atoms with Crippen LogP contribution in [0.5, 0.6) is 5.75 Å². The maximum Gasteiger partial charge on any atom is 0.260 e. The topological polar surface area (TPSA) is 56.1 Å². The van der Waals surface area contributed by atoms with Crippen molar-refractivity contribution in [1.82, 2.24) is 15.1 Å². The first-order chi connectivity index (χ1) is 11.5. The molecule has 1 saturated carbocycles. The number of aryl methyl sites for hydroxylation is 2.